The zero-order valence-corrected chi connectivity index (χ0v) is 36.2. The van der Waals surface area contributed by atoms with Crippen molar-refractivity contribution in [3.05, 3.63) is 72.9 Å². The number of phosphoric ester groups is 1. The predicted molar refractivity (Wildman–Crippen MR) is 230 cm³/mol. The first-order chi connectivity index (χ1) is 28.0. The van der Waals surface area contributed by atoms with E-state index in [4.69, 9.17) is 18.5 Å². The van der Waals surface area contributed by atoms with Crippen LogP contribution in [-0.2, 0) is 27.9 Å². The fraction of sp³-hybridized carbons (Fsp3) is 0.711. The van der Waals surface area contributed by atoms with Gasteiger partial charge in [0.2, 0.25) is 0 Å². The van der Waals surface area contributed by atoms with E-state index in [1.54, 1.807) is 0 Å². The van der Waals surface area contributed by atoms with Gasteiger partial charge in [-0.25, -0.2) is 4.57 Å². The Kier molecular flexibility index (Phi) is 33.0. The molecule has 334 valence electrons. The normalized spacial score (nSPS) is 23.4. The summed E-state index contributed by atoms with van der Waals surface area (Å²) < 4.78 is 34.1. The van der Waals surface area contributed by atoms with Crippen LogP contribution in [0.25, 0.3) is 0 Å². The molecule has 6 N–H and O–H groups in total. The standard InChI is InChI=1S/C45H77O12P/c1-3-5-7-9-11-13-15-17-19-20-21-22-24-26-28-30-32-34-39(46)56-38(36-54-35-33-31-29-27-25-23-18-16-14-12-10-8-6-4-2)37-55-58(52,53)57-45-43(50)41(48)40(47)42(49)44(45)51/h5,7-8,10-11,13-14,16-17,19,21-22,38,40-45,47-51H,3-4,6,9,12,15,18,20,23-37H2,1-2H3,(H,52,53)/b7-5-,10-8-,13-11-,16-14-,19-17-,22-21-. The van der Waals surface area contributed by atoms with Crippen LogP contribution in [0.15, 0.2) is 72.9 Å². The number of aliphatic hydroxyl groups excluding tert-OH is 5. The van der Waals surface area contributed by atoms with Gasteiger partial charge in [-0.05, 0) is 77.0 Å². The van der Waals surface area contributed by atoms with Gasteiger partial charge in [0, 0.05) is 13.0 Å². The number of hydrogen-bond donors (Lipinski definition) is 6. The van der Waals surface area contributed by atoms with Crippen molar-refractivity contribution >= 4 is 13.8 Å². The van der Waals surface area contributed by atoms with Gasteiger partial charge >= 0.3 is 13.8 Å². The van der Waals surface area contributed by atoms with Gasteiger partial charge in [0.05, 0.1) is 13.2 Å². The third-order valence-electron chi connectivity index (χ3n) is 9.54. The molecule has 1 saturated carbocycles. The molecule has 1 rings (SSSR count). The zero-order chi connectivity index (χ0) is 42.7. The van der Waals surface area contributed by atoms with E-state index in [1.807, 2.05) is 0 Å². The van der Waals surface area contributed by atoms with Gasteiger partial charge < -0.3 is 39.9 Å². The molecule has 0 amide bonds. The number of phosphoric acid groups is 1. The minimum absolute atomic E-state index is 0.0983. The van der Waals surface area contributed by atoms with Crippen LogP contribution >= 0.6 is 7.82 Å². The van der Waals surface area contributed by atoms with E-state index in [1.165, 1.54) is 6.42 Å². The van der Waals surface area contributed by atoms with Crippen molar-refractivity contribution in [3.8, 4) is 0 Å². The lowest BCUT2D eigenvalue weighted by Gasteiger charge is -2.41. The van der Waals surface area contributed by atoms with Gasteiger partial charge in [0.25, 0.3) is 0 Å². The molecule has 0 bridgehead atoms. The molecule has 0 radical (unpaired) electrons. The van der Waals surface area contributed by atoms with Crippen LogP contribution < -0.4 is 0 Å². The van der Waals surface area contributed by atoms with Crippen molar-refractivity contribution in [2.24, 2.45) is 0 Å². The number of carbonyl (C=O) groups excluding carboxylic acids is 1. The summed E-state index contributed by atoms with van der Waals surface area (Å²) in [4.78, 5) is 23.1. The molecule has 58 heavy (non-hydrogen) atoms. The Labute approximate surface area is 349 Å². The number of unbranched alkanes of at least 4 members (excludes halogenated alkanes) is 11. The lowest BCUT2D eigenvalue weighted by molar-refractivity contribution is -0.220. The molecule has 6 unspecified atom stereocenters. The molecule has 0 spiro atoms. The molecule has 0 saturated heterocycles. The maximum Gasteiger partial charge on any atom is 0.472 e. The highest BCUT2D eigenvalue weighted by atomic mass is 31.2. The van der Waals surface area contributed by atoms with E-state index >= 15 is 0 Å². The van der Waals surface area contributed by atoms with Gasteiger partial charge in [-0.15, -0.1) is 0 Å². The number of esters is 1. The van der Waals surface area contributed by atoms with Crippen molar-refractivity contribution in [3.63, 3.8) is 0 Å². The second-order valence-corrected chi connectivity index (χ2v) is 16.2. The van der Waals surface area contributed by atoms with Gasteiger partial charge in [-0.2, -0.15) is 0 Å². The van der Waals surface area contributed by atoms with Gasteiger partial charge in [0.15, 0.2) is 0 Å². The summed E-state index contributed by atoms with van der Waals surface area (Å²) in [5, 5.41) is 50.1. The molecule has 0 aromatic rings. The number of hydrogen-bond acceptors (Lipinski definition) is 11. The molecule has 1 aliphatic carbocycles. The van der Waals surface area contributed by atoms with Crippen molar-refractivity contribution < 1.29 is 58.3 Å². The van der Waals surface area contributed by atoms with E-state index in [2.05, 4.69) is 86.8 Å². The molecule has 12 nitrogen and oxygen atoms in total. The summed E-state index contributed by atoms with van der Waals surface area (Å²) in [6.45, 7) is 4.01. The maximum atomic E-state index is 12.8. The molecule has 1 aliphatic rings. The Hall–Kier alpha value is -2.22. The fourth-order valence-electron chi connectivity index (χ4n) is 6.09. The lowest BCUT2D eigenvalue weighted by atomic mass is 9.85. The van der Waals surface area contributed by atoms with Crippen LogP contribution in [0.1, 0.15) is 142 Å². The Bertz CT molecular complexity index is 1230. The number of rotatable bonds is 35. The van der Waals surface area contributed by atoms with Gasteiger partial charge in [-0.3, -0.25) is 13.8 Å². The molecular weight excluding hydrogens is 763 g/mol. The number of allylic oxidation sites excluding steroid dienone is 12. The molecule has 0 aliphatic heterocycles. The van der Waals surface area contributed by atoms with Crippen LogP contribution in [0, 0.1) is 0 Å². The third-order valence-corrected chi connectivity index (χ3v) is 10.5. The second-order valence-electron chi connectivity index (χ2n) is 14.8. The number of aliphatic hydroxyl groups is 5. The topological polar surface area (TPSA) is 192 Å². The van der Waals surface area contributed by atoms with E-state index in [0.717, 1.165) is 109 Å². The average molecular weight is 841 g/mol. The summed E-state index contributed by atoms with van der Waals surface area (Å²) in [7, 11) is -5.03. The molecule has 6 atom stereocenters. The van der Waals surface area contributed by atoms with Crippen molar-refractivity contribution in [1.82, 2.24) is 0 Å². The van der Waals surface area contributed by atoms with Crippen LogP contribution in [0.2, 0.25) is 0 Å². The first-order valence-corrected chi connectivity index (χ1v) is 23.3. The largest absolute Gasteiger partial charge is 0.472 e. The second kappa shape index (κ2) is 35.5. The smallest absolute Gasteiger partial charge is 0.457 e. The molecule has 0 aromatic heterocycles. The van der Waals surface area contributed by atoms with E-state index < -0.39 is 63.1 Å². The van der Waals surface area contributed by atoms with E-state index in [-0.39, 0.29) is 13.0 Å². The van der Waals surface area contributed by atoms with Crippen LogP contribution in [0.3, 0.4) is 0 Å². The van der Waals surface area contributed by atoms with Crippen LogP contribution in [0.4, 0.5) is 0 Å². The maximum absolute atomic E-state index is 12.8. The molecule has 0 heterocycles. The predicted octanol–water partition coefficient (Wildman–Crippen LogP) is 8.41. The monoisotopic (exact) mass is 841 g/mol. The van der Waals surface area contributed by atoms with Crippen molar-refractivity contribution in [1.29, 1.82) is 0 Å². The number of ether oxygens (including phenoxy) is 2. The Morgan fingerprint density at radius 3 is 1.55 bits per heavy atom. The first-order valence-electron chi connectivity index (χ1n) is 21.8. The third kappa shape index (κ3) is 27.5. The van der Waals surface area contributed by atoms with Gasteiger partial charge in [-0.1, -0.05) is 132 Å². The van der Waals surface area contributed by atoms with Crippen molar-refractivity contribution in [2.75, 3.05) is 19.8 Å². The van der Waals surface area contributed by atoms with E-state index in [9.17, 15) is 39.8 Å². The summed E-state index contributed by atoms with van der Waals surface area (Å²) >= 11 is 0. The van der Waals surface area contributed by atoms with Crippen LogP contribution in [-0.4, -0.2) is 98.9 Å². The summed E-state index contributed by atoms with van der Waals surface area (Å²) in [5.74, 6) is -0.508. The van der Waals surface area contributed by atoms with Crippen LogP contribution in [0.5, 0.6) is 0 Å². The van der Waals surface area contributed by atoms with E-state index in [0.29, 0.717) is 13.0 Å². The minimum Gasteiger partial charge on any atom is -0.457 e. The fourth-order valence-corrected chi connectivity index (χ4v) is 7.06. The molecule has 0 aromatic carbocycles. The summed E-state index contributed by atoms with van der Waals surface area (Å²) in [6, 6.07) is 0. The molecule has 13 heteroatoms. The quantitative estimate of drug-likeness (QED) is 0.0155. The zero-order valence-electron chi connectivity index (χ0n) is 35.3. The summed E-state index contributed by atoms with van der Waals surface area (Å²) in [6.07, 6.45) is 32.5. The Morgan fingerprint density at radius 2 is 1.02 bits per heavy atom. The SMILES string of the molecule is CC/C=C\C/C=C\C/C=C\C/C=C\CCCCCCC(=O)OC(COCCCCCCCC/C=C\C/C=C\CCC)COP(=O)(O)OC1C(O)C(O)C(O)C(O)C1O. The number of carbonyl (C=O) groups is 1. The average Bonchev–Trinajstić information content (AvgIpc) is 3.21. The molecular formula is C45H77O12P. The van der Waals surface area contributed by atoms with Gasteiger partial charge in [0.1, 0.15) is 42.7 Å². The minimum atomic E-state index is -5.03. The lowest BCUT2D eigenvalue weighted by Crippen LogP contribution is -2.64. The molecule has 1 fully saturated rings. The summed E-state index contributed by atoms with van der Waals surface area (Å²) in [5.41, 5.74) is 0. The van der Waals surface area contributed by atoms with Crippen molar-refractivity contribution in [2.45, 2.75) is 185 Å². The highest BCUT2D eigenvalue weighted by molar-refractivity contribution is 7.47. The first kappa shape index (κ1) is 53.8. The highest BCUT2D eigenvalue weighted by Gasteiger charge is 2.51. The Balaban J connectivity index is 2.46. The Morgan fingerprint density at radius 1 is 0.569 bits per heavy atom. The highest BCUT2D eigenvalue weighted by Crippen LogP contribution is 2.47.